The second-order valence-electron chi connectivity index (χ2n) is 4.84. The molecule has 0 atom stereocenters. The van der Waals surface area contributed by atoms with Gasteiger partial charge in [-0.2, -0.15) is 0 Å². The van der Waals surface area contributed by atoms with Crippen LogP contribution in [0.4, 0.5) is 4.79 Å². The molecular weight excluding hydrogens is 232 g/mol. The summed E-state index contributed by atoms with van der Waals surface area (Å²) in [6, 6.07) is 0.0558. The predicted molar refractivity (Wildman–Crippen MR) is 69.5 cm³/mol. The van der Waals surface area contributed by atoms with E-state index in [0.717, 1.165) is 51.6 Å². The third kappa shape index (κ3) is 6.47. The molecule has 0 radical (unpaired) electrons. The highest BCUT2D eigenvalue weighted by molar-refractivity contribution is 5.74. The first-order valence-corrected chi connectivity index (χ1v) is 6.95. The molecule has 0 aliphatic carbocycles. The fourth-order valence-electron chi connectivity index (χ4n) is 2.16. The van der Waals surface area contributed by atoms with Gasteiger partial charge >= 0.3 is 12.0 Å². The SMILES string of the molecule is O=C(O)CCCCCCNC(=O)N1CCCCC1. The number of hydrogen-bond acceptors (Lipinski definition) is 2. The number of piperidine rings is 1. The van der Waals surface area contributed by atoms with Crippen LogP contribution in [0.3, 0.4) is 0 Å². The van der Waals surface area contributed by atoms with Gasteiger partial charge in [0.25, 0.3) is 0 Å². The summed E-state index contributed by atoms with van der Waals surface area (Å²) in [5.41, 5.74) is 0. The Hall–Kier alpha value is -1.26. The van der Waals surface area contributed by atoms with Gasteiger partial charge in [-0.3, -0.25) is 4.79 Å². The average Bonchev–Trinajstić information content (AvgIpc) is 2.38. The van der Waals surface area contributed by atoms with Gasteiger partial charge in [0, 0.05) is 26.1 Å². The van der Waals surface area contributed by atoms with Crippen molar-refractivity contribution in [3.8, 4) is 0 Å². The molecule has 2 N–H and O–H groups in total. The maximum Gasteiger partial charge on any atom is 0.317 e. The number of hydrogen-bond donors (Lipinski definition) is 2. The maximum atomic E-state index is 11.7. The maximum absolute atomic E-state index is 11.7. The number of carbonyl (C=O) groups is 2. The zero-order chi connectivity index (χ0) is 13.2. The van der Waals surface area contributed by atoms with Crippen LogP contribution < -0.4 is 5.32 Å². The lowest BCUT2D eigenvalue weighted by atomic mass is 10.1. The van der Waals surface area contributed by atoms with E-state index in [0.29, 0.717) is 6.54 Å². The van der Waals surface area contributed by atoms with Gasteiger partial charge in [0.1, 0.15) is 0 Å². The summed E-state index contributed by atoms with van der Waals surface area (Å²) < 4.78 is 0. The van der Waals surface area contributed by atoms with Crippen LogP contribution in [0.2, 0.25) is 0 Å². The van der Waals surface area contributed by atoms with Crippen molar-refractivity contribution in [2.75, 3.05) is 19.6 Å². The Bertz CT molecular complexity index is 263. The first-order valence-electron chi connectivity index (χ1n) is 6.95. The van der Waals surface area contributed by atoms with Gasteiger partial charge in [-0.05, 0) is 32.1 Å². The van der Waals surface area contributed by atoms with Crippen molar-refractivity contribution >= 4 is 12.0 Å². The lowest BCUT2D eigenvalue weighted by Gasteiger charge is -2.26. The van der Waals surface area contributed by atoms with E-state index in [9.17, 15) is 9.59 Å². The Balaban J connectivity index is 1.93. The van der Waals surface area contributed by atoms with E-state index in [1.54, 1.807) is 0 Å². The molecule has 0 unspecified atom stereocenters. The van der Waals surface area contributed by atoms with Crippen molar-refractivity contribution in [2.24, 2.45) is 0 Å². The number of rotatable bonds is 7. The fraction of sp³-hybridized carbons (Fsp3) is 0.846. The van der Waals surface area contributed by atoms with E-state index < -0.39 is 5.97 Å². The van der Waals surface area contributed by atoms with Gasteiger partial charge in [0.05, 0.1) is 0 Å². The molecule has 2 amide bonds. The average molecular weight is 256 g/mol. The first kappa shape index (κ1) is 14.8. The second kappa shape index (κ2) is 8.78. The van der Waals surface area contributed by atoms with E-state index in [2.05, 4.69) is 5.32 Å². The number of likely N-dealkylation sites (tertiary alicyclic amines) is 1. The molecule has 0 spiro atoms. The molecule has 0 aromatic heterocycles. The van der Waals surface area contributed by atoms with Crippen molar-refractivity contribution < 1.29 is 14.7 Å². The summed E-state index contributed by atoms with van der Waals surface area (Å²) in [5, 5.41) is 11.4. The van der Waals surface area contributed by atoms with Crippen molar-refractivity contribution in [3.63, 3.8) is 0 Å². The smallest absolute Gasteiger partial charge is 0.317 e. The first-order chi connectivity index (χ1) is 8.70. The molecular formula is C13H24N2O3. The standard InChI is InChI=1S/C13H24N2O3/c16-12(17)8-4-1-2-5-9-14-13(18)15-10-6-3-7-11-15/h1-11H2,(H,14,18)(H,16,17). The largest absolute Gasteiger partial charge is 0.481 e. The summed E-state index contributed by atoms with van der Waals surface area (Å²) in [6.07, 6.45) is 7.27. The molecule has 0 aromatic carbocycles. The normalized spacial score (nSPS) is 15.4. The molecule has 5 nitrogen and oxygen atoms in total. The number of carboxylic acids is 1. The number of urea groups is 1. The Kier molecular flexibility index (Phi) is 7.22. The van der Waals surface area contributed by atoms with Gasteiger partial charge in [0.15, 0.2) is 0 Å². The van der Waals surface area contributed by atoms with Crippen LogP contribution in [0.5, 0.6) is 0 Å². The minimum absolute atomic E-state index is 0.0558. The molecule has 5 heteroatoms. The number of carbonyl (C=O) groups excluding carboxylic acids is 1. The van der Waals surface area contributed by atoms with Crippen LogP contribution in [0.1, 0.15) is 51.4 Å². The number of carboxylic acid groups (broad SMARTS) is 1. The van der Waals surface area contributed by atoms with Gasteiger partial charge in [-0.15, -0.1) is 0 Å². The zero-order valence-electron chi connectivity index (χ0n) is 11.0. The Labute approximate surface area is 109 Å². The van der Waals surface area contributed by atoms with Gasteiger partial charge < -0.3 is 15.3 Å². The molecule has 1 aliphatic heterocycles. The van der Waals surface area contributed by atoms with Crippen LogP contribution in [0.25, 0.3) is 0 Å². The molecule has 1 heterocycles. The van der Waals surface area contributed by atoms with Crippen molar-refractivity contribution in [2.45, 2.75) is 51.4 Å². The molecule has 1 saturated heterocycles. The highest BCUT2D eigenvalue weighted by Crippen LogP contribution is 2.08. The topological polar surface area (TPSA) is 69.6 Å². The molecule has 1 fully saturated rings. The van der Waals surface area contributed by atoms with E-state index >= 15 is 0 Å². The van der Waals surface area contributed by atoms with E-state index in [1.807, 2.05) is 4.90 Å². The third-order valence-corrected chi connectivity index (χ3v) is 3.24. The van der Waals surface area contributed by atoms with Crippen LogP contribution in [0, 0.1) is 0 Å². The van der Waals surface area contributed by atoms with Crippen molar-refractivity contribution in [1.82, 2.24) is 10.2 Å². The number of aliphatic carboxylic acids is 1. The number of nitrogens with one attached hydrogen (secondary N) is 1. The Morgan fingerprint density at radius 3 is 2.33 bits per heavy atom. The molecule has 18 heavy (non-hydrogen) atoms. The minimum atomic E-state index is -0.728. The molecule has 104 valence electrons. The number of unbranched alkanes of at least 4 members (excludes halogenated alkanes) is 3. The monoisotopic (exact) mass is 256 g/mol. The van der Waals surface area contributed by atoms with E-state index in [-0.39, 0.29) is 12.5 Å². The molecule has 1 rings (SSSR count). The number of amides is 2. The summed E-state index contributed by atoms with van der Waals surface area (Å²) in [7, 11) is 0. The summed E-state index contributed by atoms with van der Waals surface area (Å²) in [5.74, 6) is -0.728. The second-order valence-corrected chi connectivity index (χ2v) is 4.84. The van der Waals surface area contributed by atoms with Crippen LogP contribution in [-0.4, -0.2) is 41.6 Å². The summed E-state index contributed by atoms with van der Waals surface area (Å²) >= 11 is 0. The van der Waals surface area contributed by atoms with Crippen molar-refractivity contribution in [1.29, 1.82) is 0 Å². The van der Waals surface area contributed by atoms with Crippen molar-refractivity contribution in [3.05, 3.63) is 0 Å². The fourth-order valence-corrected chi connectivity index (χ4v) is 2.16. The lowest BCUT2D eigenvalue weighted by Crippen LogP contribution is -2.43. The highest BCUT2D eigenvalue weighted by Gasteiger charge is 2.15. The van der Waals surface area contributed by atoms with Crippen LogP contribution >= 0.6 is 0 Å². The highest BCUT2D eigenvalue weighted by atomic mass is 16.4. The van der Waals surface area contributed by atoms with Crippen LogP contribution in [0.15, 0.2) is 0 Å². The lowest BCUT2D eigenvalue weighted by molar-refractivity contribution is -0.137. The van der Waals surface area contributed by atoms with Gasteiger partial charge in [0.2, 0.25) is 0 Å². The third-order valence-electron chi connectivity index (χ3n) is 3.24. The molecule has 0 saturated carbocycles. The van der Waals surface area contributed by atoms with E-state index in [4.69, 9.17) is 5.11 Å². The molecule has 0 aromatic rings. The zero-order valence-corrected chi connectivity index (χ0v) is 11.0. The Morgan fingerprint density at radius 2 is 1.67 bits per heavy atom. The van der Waals surface area contributed by atoms with Gasteiger partial charge in [-0.25, -0.2) is 4.79 Å². The van der Waals surface area contributed by atoms with Gasteiger partial charge in [-0.1, -0.05) is 12.8 Å². The molecule has 1 aliphatic rings. The summed E-state index contributed by atoms with van der Waals surface area (Å²) in [4.78, 5) is 23.9. The Morgan fingerprint density at radius 1 is 1.00 bits per heavy atom. The quantitative estimate of drug-likeness (QED) is 0.686. The van der Waals surface area contributed by atoms with Crippen LogP contribution in [-0.2, 0) is 4.79 Å². The molecule has 0 bridgehead atoms. The minimum Gasteiger partial charge on any atom is -0.481 e. The predicted octanol–water partition coefficient (Wildman–Crippen LogP) is 2.22. The van der Waals surface area contributed by atoms with E-state index in [1.165, 1.54) is 6.42 Å². The number of nitrogens with zero attached hydrogens (tertiary/aromatic N) is 1. The summed E-state index contributed by atoms with van der Waals surface area (Å²) in [6.45, 7) is 2.46.